The first-order valence-electron chi connectivity index (χ1n) is 4.76. The Morgan fingerprint density at radius 2 is 2.57 bits per heavy atom. The molecular weight excluding hydrogens is 194 g/mol. The second-order valence-corrected chi connectivity index (χ2v) is 4.47. The largest absolute Gasteiger partial charge is 0.339 e. The summed E-state index contributed by atoms with van der Waals surface area (Å²) in [7, 11) is 0. The first kappa shape index (κ1) is 9.46. The van der Waals surface area contributed by atoms with Crippen LogP contribution in [0.2, 0.25) is 0 Å². The van der Waals surface area contributed by atoms with Crippen LogP contribution < -0.4 is 0 Å². The van der Waals surface area contributed by atoms with Gasteiger partial charge in [-0.25, -0.2) is 0 Å². The highest BCUT2D eigenvalue weighted by Crippen LogP contribution is 2.30. The van der Waals surface area contributed by atoms with Crippen molar-refractivity contribution in [3.63, 3.8) is 0 Å². The highest BCUT2D eigenvalue weighted by molar-refractivity contribution is 7.10. The summed E-state index contributed by atoms with van der Waals surface area (Å²) >= 11 is 1.78. The molecule has 0 N–H and O–H groups in total. The molecule has 3 heteroatoms. The van der Waals surface area contributed by atoms with Gasteiger partial charge in [0.1, 0.15) is 0 Å². The van der Waals surface area contributed by atoms with E-state index in [0.717, 1.165) is 19.5 Å². The van der Waals surface area contributed by atoms with Crippen molar-refractivity contribution >= 4 is 17.2 Å². The van der Waals surface area contributed by atoms with Crippen LogP contribution in [0.4, 0.5) is 0 Å². The van der Waals surface area contributed by atoms with Gasteiger partial charge >= 0.3 is 0 Å². The second-order valence-electron chi connectivity index (χ2n) is 3.49. The molecule has 1 saturated heterocycles. The number of thiophene rings is 1. The van der Waals surface area contributed by atoms with E-state index in [0.29, 0.717) is 5.92 Å². The lowest BCUT2D eigenvalue weighted by Gasteiger charge is -2.13. The highest BCUT2D eigenvalue weighted by atomic mass is 32.1. The van der Waals surface area contributed by atoms with Crippen molar-refractivity contribution < 1.29 is 4.79 Å². The Balaban J connectivity index is 2.02. The molecule has 1 aliphatic heterocycles. The number of likely N-dealkylation sites (tertiary alicyclic amines) is 1. The van der Waals surface area contributed by atoms with Gasteiger partial charge in [0, 0.05) is 23.9 Å². The molecule has 1 aromatic heterocycles. The lowest BCUT2D eigenvalue weighted by atomic mass is 10.1. The maximum absolute atomic E-state index is 11.3. The third kappa shape index (κ3) is 1.73. The van der Waals surface area contributed by atoms with Gasteiger partial charge < -0.3 is 4.90 Å². The van der Waals surface area contributed by atoms with Crippen molar-refractivity contribution in [3.05, 3.63) is 35.0 Å². The van der Waals surface area contributed by atoms with Crippen molar-refractivity contribution in [2.75, 3.05) is 13.1 Å². The number of carbonyl (C=O) groups excluding carboxylic acids is 1. The van der Waals surface area contributed by atoms with Crippen LogP contribution in [0.5, 0.6) is 0 Å². The van der Waals surface area contributed by atoms with Crippen molar-refractivity contribution in [1.29, 1.82) is 0 Å². The van der Waals surface area contributed by atoms with Gasteiger partial charge in [-0.2, -0.15) is 0 Å². The van der Waals surface area contributed by atoms with Crippen LogP contribution in [0.25, 0.3) is 0 Å². The molecule has 2 rings (SSSR count). The number of hydrogen-bond donors (Lipinski definition) is 0. The molecule has 1 aliphatic rings. The number of amides is 1. The minimum absolute atomic E-state index is 0.0593. The van der Waals surface area contributed by atoms with Crippen LogP contribution in [-0.4, -0.2) is 23.9 Å². The van der Waals surface area contributed by atoms with E-state index in [-0.39, 0.29) is 5.91 Å². The normalized spacial score (nSPS) is 21.1. The summed E-state index contributed by atoms with van der Waals surface area (Å²) in [5, 5.41) is 2.09. The first-order chi connectivity index (χ1) is 6.81. The van der Waals surface area contributed by atoms with Crippen molar-refractivity contribution in [1.82, 2.24) is 4.90 Å². The van der Waals surface area contributed by atoms with Gasteiger partial charge in [-0.05, 0) is 23.9 Å². The first-order valence-corrected chi connectivity index (χ1v) is 5.64. The number of rotatable bonds is 2. The zero-order valence-electron chi connectivity index (χ0n) is 7.98. The quantitative estimate of drug-likeness (QED) is 0.681. The molecule has 1 unspecified atom stereocenters. The number of nitrogens with zero attached hydrogens (tertiary/aromatic N) is 1. The van der Waals surface area contributed by atoms with Gasteiger partial charge in [0.05, 0.1) is 0 Å². The summed E-state index contributed by atoms with van der Waals surface area (Å²) < 4.78 is 0. The molecule has 0 saturated carbocycles. The van der Waals surface area contributed by atoms with E-state index < -0.39 is 0 Å². The molecule has 0 aliphatic carbocycles. The molecule has 1 amide bonds. The fraction of sp³-hybridized carbons (Fsp3) is 0.364. The van der Waals surface area contributed by atoms with Gasteiger partial charge in [-0.3, -0.25) is 4.79 Å². The van der Waals surface area contributed by atoms with E-state index >= 15 is 0 Å². The van der Waals surface area contributed by atoms with Crippen molar-refractivity contribution in [3.8, 4) is 0 Å². The minimum atomic E-state index is 0.0593. The number of carbonyl (C=O) groups is 1. The Bertz CT molecular complexity index is 331. The topological polar surface area (TPSA) is 20.3 Å². The van der Waals surface area contributed by atoms with Crippen LogP contribution >= 0.6 is 11.3 Å². The summed E-state index contributed by atoms with van der Waals surface area (Å²) in [5.41, 5.74) is 0. The minimum Gasteiger partial charge on any atom is -0.339 e. The maximum atomic E-state index is 11.3. The van der Waals surface area contributed by atoms with Gasteiger partial charge in [-0.1, -0.05) is 12.6 Å². The fourth-order valence-corrected chi connectivity index (χ4v) is 2.70. The SMILES string of the molecule is C=CC(=O)N1CCC(c2cccs2)C1. The molecule has 0 aromatic carbocycles. The Hall–Kier alpha value is -1.09. The Morgan fingerprint density at radius 1 is 1.71 bits per heavy atom. The van der Waals surface area contributed by atoms with Crippen LogP contribution in [-0.2, 0) is 4.79 Å². The molecule has 0 spiro atoms. The molecule has 1 aromatic rings. The third-order valence-electron chi connectivity index (χ3n) is 2.62. The van der Waals surface area contributed by atoms with E-state index in [1.165, 1.54) is 11.0 Å². The standard InChI is InChI=1S/C11H13NOS/c1-2-11(13)12-6-5-9(8-12)10-4-3-7-14-10/h2-4,7,9H,1,5-6,8H2. The molecule has 0 radical (unpaired) electrons. The van der Waals surface area contributed by atoms with E-state index in [4.69, 9.17) is 0 Å². The zero-order valence-corrected chi connectivity index (χ0v) is 8.80. The van der Waals surface area contributed by atoms with Crippen molar-refractivity contribution in [2.45, 2.75) is 12.3 Å². The smallest absolute Gasteiger partial charge is 0.245 e. The summed E-state index contributed by atoms with van der Waals surface area (Å²) in [4.78, 5) is 14.6. The maximum Gasteiger partial charge on any atom is 0.245 e. The highest BCUT2D eigenvalue weighted by Gasteiger charge is 2.26. The van der Waals surface area contributed by atoms with Crippen molar-refractivity contribution in [2.24, 2.45) is 0 Å². The molecule has 2 heterocycles. The fourth-order valence-electron chi connectivity index (χ4n) is 1.85. The van der Waals surface area contributed by atoms with Crippen LogP contribution in [0.15, 0.2) is 30.2 Å². The molecule has 14 heavy (non-hydrogen) atoms. The van der Waals surface area contributed by atoms with Crippen LogP contribution in [0.1, 0.15) is 17.2 Å². The van der Waals surface area contributed by atoms with Gasteiger partial charge in [-0.15, -0.1) is 11.3 Å². The third-order valence-corrected chi connectivity index (χ3v) is 3.65. The Labute approximate surface area is 87.9 Å². The van der Waals surface area contributed by atoms with Gasteiger partial charge in [0.2, 0.25) is 5.91 Å². The molecular formula is C11H13NOS. The summed E-state index contributed by atoms with van der Waals surface area (Å²) in [5.74, 6) is 0.600. The number of hydrogen-bond acceptors (Lipinski definition) is 2. The molecule has 1 fully saturated rings. The van der Waals surface area contributed by atoms with Gasteiger partial charge in [0.15, 0.2) is 0 Å². The van der Waals surface area contributed by atoms with E-state index in [1.54, 1.807) is 11.3 Å². The Kier molecular flexibility index (Phi) is 2.68. The Morgan fingerprint density at radius 3 is 3.21 bits per heavy atom. The molecule has 2 nitrogen and oxygen atoms in total. The lowest BCUT2D eigenvalue weighted by Crippen LogP contribution is -2.26. The monoisotopic (exact) mass is 207 g/mol. The summed E-state index contributed by atoms with van der Waals surface area (Å²) in [6, 6.07) is 4.22. The van der Waals surface area contributed by atoms with Crippen LogP contribution in [0, 0.1) is 0 Å². The summed E-state index contributed by atoms with van der Waals surface area (Å²) in [6.45, 7) is 5.23. The molecule has 74 valence electrons. The predicted octanol–water partition coefficient (Wildman–Crippen LogP) is 2.25. The predicted molar refractivity (Wildman–Crippen MR) is 58.5 cm³/mol. The van der Waals surface area contributed by atoms with E-state index in [9.17, 15) is 4.79 Å². The zero-order chi connectivity index (χ0) is 9.97. The lowest BCUT2D eigenvalue weighted by molar-refractivity contribution is -0.125. The second kappa shape index (κ2) is 3.96. The average Bonchev–Trinajstić information content (AvgIpc) is 2.86. The molecule has 0 bridgehead atoms. The van der Waals surface area contributed by atoms with E-state index in [1.807, 2.05) is 4.90 Å². The van der Waals surface area contributed by atoms with Gasteiger partial charge in [0.25, 0.3) is 0 Å². The summed E-state index contributed by atoms with van der Waals surface area (Å²) in [6.07, 6.45) is 2.48. The van der Waals surface area contributed by atoms with E-state index in [2.05, 4.69) is 24.1 Å². The average molecular weight is 207 g/mol. The van der Waals surface area contributed by atoms with Crippen LogP contribution in [0.3, 0.4) is 0 Å². The molecule has 1 atom stereocenters.